The molecule has 9 nitrogen and oxygen atoms in total. The first kappa shape index (κ1) is 18.0. The summed E-state index contributed by atoms with van der Waals surface area (Å²) in [6.45, 7) is 1.69. The van der Waals surface area contributed by atoms with E-state index in [0.717, 1.165) is 5.56 Å². The summed E-state index contributed by atoms with van der Waals surface area (Å²) in [5.74, 6) is 0.645. The number of nitrogens with one attached hydrogen (secondary N) is 2. The third kappa shape index (κ3) is 4.06. The average Bonchev–Trinajstić information content (AvgIpc) is 3.27. The van der Waals surface area contributed by atoms with Crippen LogP contribution in [0.5, 0.6) is 0 Å². The van der Waals surface area contributed by atoms with Crippen molar-refractivity contribution in [1.29, 1.82) is 0 Å². The molecule has 2 amide bonds. The second-order valence-electron chi connectivity index (χ2n) is 6.11. The maximum absolute atomic E-state index is 12.4. The molecule has 1 atom stereocenters. The van der Waals surface area contributed by atoms with Crippen LogP contribution < -0.4 is 11.1 Å². The van der Waals surface area contributed by atoms with Crippen molar-refractivity contribution in [1.82, 2.24) is 20.1 Å². The minimum atomic E-state index is -0.348. The van der Waals surface area contributed by atoms with Crippen molar-refractivity contribution < 1.29 is 14.3 Å². The van der Waals surface area contributed by atoms with Gasteiger partial charge in [0.15, 0.2) is 5.82 Å². The lowest BCUT2D eigenvalue weighted by atomic mass is 10.1. The normalized spacial score (nSPS) is 16.9. The van der Waals surface area contributed by atoms with E-state index in [2.05, 4.69) is 20.5 Å². The number of carbonyl (C=O) groups is 2. The number of likely N-dealkylation sites (tertiary alicyclic amines) is 1. The van der Waals surface area contributed by atoms with E-state index in [1.165, 1.54) is 0 Å². The molecule has 0 saturated carbocycles. The molecule has 2 heterocycles. The van der Waals surface area contributed by atoms with Gasteiger partial charge in [-0.05, 0) is 24.3 Å². The van der Waals surface area contributed by atoms with Crippen molar-refractivity contribution in [3.63, 3.8) is 0 Å². The lowest BCUT2D eigenvalue weighted by Gasteiger charge is -2.15. The minimum absolute atomic E-state index is 0.0159. The molecule has 26 heavy (non-hydrogen) atoms. The van der Waals surface area contributed by atoms with Gasteiger partial charge in [0, 0.05) is 37.9 Å². The third-order valence-electron chi connectivity index (χ3n) is 4.29. The van der Waals surface area contributed by atoms with Crippen LogP contribution >= 0.6 is 0 Å². The van der Waals surface area contributed by atoms with E-state index in [4.69, 9.17) is 10.5 Å². The number of ether oxygens (including phenoxy) is 1. The van der Waals surface area contributed by atoms with Crippen LogP contribution in [0.1, 0.15) is 12.2 Å². The molecule has 2 aromatic rings. The molecular weight excluding hydrogens is 336 g/mol. The van der Waals surface area contributed by atoms with Gasteiger partial charge in [-0.1, -0.05) is 0 Å². The molecule has 138 valence electrons. The third-order valence-corrected chi connectivity index (χ3v) is 4.29. The van der Waals surface area contributed by atoms with Crippen molar-refractivity contribution in [2.75, 3.05) is 32.1 Å². The van der Waals surface area contributed by atoms with E-state index < -0.39 is 0 Å². The summed E-state index contributed by atoms with van der Waals surface area (Å²) in [7, 11) is 1.59. The van der Waals surface area contributed by atoms with Crippen molar-refractivity contribution in [2.24, 2.45) is 11.7 Å². The number of hydrogen-bond donors (Lipinski definition) is 3. The molecule has 0 aliphatic carbocycles. The van der Waals surface area contributed by atoms with Crippen LogP contribution in [0.4, 0.5) is 5.69 Å². The van der Waals surface area contributed by atoms with Crippen molar-refractivity contribution >= 4 is 17.5 Å². The van der Waals surface area contributed by atoms with E-state index in [9.17, 15) is 9.59 Å². The second kappa shape index (κ2) is 8.07. The van der Waals surface area contributed by atoms with Crippen molar-refractivity contribution in [2.45, 2.75) is 13.0 Å². The first-order chi connectivity index (χ1) is 12.6. The summed E-state index contributed by atoms with van der Waals surface area (Å²) in [4.78, 5) is 30.3. The Balaban J connectivity index is 1.59. The zero-order valence-corrected chi connectivity index (χ0v) is 14.6. The molecule has 1 aromatic heterocycles. The molecule has 1 aliphatic rings. The van der Waals surface area contributed by atoms with E-state index in [-0.39, 0.29) is 24.2 Å². The fourth-order valence-corrected chi connectivity index (χ4v) is 2.83. The standard InChI is InChI=1S/C17H22N6O3/c1-26-7-6-23-10-12(8-15(23)24)17(25)19-13-4-2-11(3-5-13)16-20-14(9-18)21-22-16/h2-5,12H,6-10,18H2,1H3,(H,19,25)(H,20,21,22). The molecule has 1 aromatic carbocycles. The largest absolute Gasteiger partial charge is 0.383 e. The molecule has 1 aliphatic heterocycles. The van der Waals surface area contributed by atoms with Gasteiger partial charge in [-0.15, -0.1) is 0 Å². The predicted octanol–water partition coefficient (Wildman–Crippen LogP) is 0.364. The van der Waals surface area contributed by atoms with Gasteiger partial charge in [0.1, 0.15) is 5.82 Å². The predicted molar refractivity (Wildman–Crippen MR) is 94.9 cm³/mol. The van der Waals surface area contributed by atoms with Crippen LogP contribution in [0.3, 0.4) is 0 Å². The van der Waals surface area contributed by atoms with Gasteiger partial charge in [0.05, 0.1) is 19.1 Å². The van der Waals surface area contributed by atoms with E-state index in [0.29, 0.717) is 43.6 Å². The molecule has 0 radical (unpaired) electrons. The van der Waals surface area contributed by atoms with Gasteiger partial charge >= 0.3 is 0 Å². The molecule has 1 unspecified atom stereocenters. The Hall–Kier alpha value is -2.78. The van der Waals surface area contributed by atoms with Crippen molar-refractivity contribution in [3.05, 3.63) is 30.1 Å². The first-order valence-corrected chi connectivity index (χ1v) is 8.40. The number of aromatic nitrogens is 3. The first-order valence-electron chi connectivity index (χ1n) is 8.40. The number of amides is 2. The quantitative estimate of drug-likeness (QED) is 0.656. The average molecular weight is 358 g/mol. The van der Waals surface area contributed by atoms with Crippen LogP contribution in [0.25, 0.3) is 11.4 Å². The van der Waals surface area contributed by atoms with Crippen LogP contribution in [-0.4, -0.2) is 58.7 Å². The Morgan fingerprint density at radius 3 is 2.85 bits per heavy atom. The van der Waals surface area contributed by atoms with Gasteiger partial charge < -0.3 is 20.7 Å². The lowest BCUT2D eigenvalue weighted by molar-refractivity contribution is -0.128. The topological polar surface area (TPSA) is 126 Å². The molecular formula is C17H22N6O3. The molecule has 9 heteroatoms. The van der Waals surface area contributed by atoms with Crippen molar-refractivity contribution in [3.8, 4) is 11.4 Å². The highest BCUT2D eigenvalue weighted by Crippen LogP contribution is 2.21. The maximum Gasteiger partial charge on any atom is 0.229 e. The number of methoxy groups -OCH3 is 1. The highest BCUT2D eigenvalue weighted by molar-refractivity contribution is 5.97. The lowest BCUT2D eigenvalue weighted by Crippen LogP contribution is -2.30. The molecule has 3 rings (SSSR count). The fourth-order valence-electron chi connectivity index (χ4n) is 2.83. The monoisotopic (exact) mass is 358 g/mol. The number of H-pyrrole nitrogens is 1. The van der Waals surface area contributed by atoms with E-state index in [1.807, 2.05) is 12.1 Å². The summed E-state index contributed by atoms with van der Waals surface area (Å²) in [5.41, 5.74) is 6.99. The Labute approximate surface area is 150 Å². The highest BCUT2D eigenvalue weighted by atomic mass is 16.5. The number of carbonyl (C=O) groups excluding carboxylic acids is 2. The number of anilines is 1. The van der Waals surface area contributed by atoms with Gasteiger partial charge in [0.2, 0.25) is 11.8 Å². The van der Waals surface area contributed by atoms with E-state index >= 15 is 0 Å². The SMILES string of the molecule is COCCN1CC(C(=O)Nc2ccc(-c3n[nH]c(CN)n3)cc2)CC1=O. The Kier molecular flexibility index (Phi) is 5.59. The number of hydrogen-bond acceptors (Lipinski definition) is 6. The molecule has 0 bridgehead atoms. The Morgan fingerprint density at radius 1 is 1.42 bits per heavy atom. The zero-order valence-electron chi connectivity index (χ0n) is 14.6. The van der Waals surface area contributed by atoms with Crippen LogP contribution in [0.15, 0.2) is 24.3 Å². The number of nitrogens with zero attached hydrogens (tertiary/aromatic N) is 3. The summed E-state index contributed by atoms with van der Waals surface area (Å²) in [5, 5.41) is 9.71. The molecule has 1 fully saturated rings. The second-order valence-corrected chi connectivity index (χ2v) is 6.11. The van der Waals surface area contributed by atoms with Crippen LogP contribution in [0, 0.1) is 5.92 Å². The number of aromatic amines is 1. The minimum Gasteiger partial charge on any atom is -0.383 e. The van der Waals surface area contributed by atoms with Gasteiger partial charge in [-0.2, -0.15) is 5.10 Å². The zero-order chi connectivity index (χ0) is 18.5. The Bertz CT molecular complexity index is 773. The highest BCUT2D eigenvalue weighted by Gasteiger charge is 2.33. The number of nitrogens with two attached hydrogens (primary N) is 1. The van der Waals surface area contributed by atoms with Gasteiger partial charge in [-0.3, -0.25) is 14.7 Å². The van der Waals surface area contributed by atoms with Crippen LogP contribution in [0.2, 0.25) is 0 Å². The smallest absolute Gasteiger partial charge is 0.229 e. The maximum atomic E-state index is 12.4. The number of benzene rings is 1. The molecule has 4 N–H and O–H groups in total. The summed E-state index contributed by atoms with van der Waals surface area (Å²) in [6, 6.07) is 7.21. The van der Waals surface area contributed by atoms with Gasteiger partial charge in [0.25, 0.3) is 0 Å². The number of rotatable bonds is 7. The summed E-state index contributed by atoms with van der Waals surface area (Å²) in [6.07, 6.45) is 0.229. The summed E-state index contributed by atoms with van der Waals surface area (Å²) < 4.78 is 4.99. The Morgan fingerprint density at radius 2 is 2.19 bits per heavy atom. The van der Waals surface area contributed by atoms with Crippen LogP contribution in [-0.2, 0) is 20.9 Å². The van der Waals surface area contributed by atoms with E-state index in [1.54, 1.807) is 24.1 Å². The molecule has 0 spiro atoms. The fraction of sp³-hybridized carbons (Fsp3) is 0.412. The molecule has 1 saturated heterocycles. The summed E-state index contributed by atoms with van der Waals surface area (Å²) >= 11 is 0. The van der Waals surface area contributed by atoms with Gasteiger partial charge in [-0.25, -0.2) is 4.98 Å².